The predicted octanol–water partition coefficient (Wildman–Crippen LogP) is -2.74. The highest BCUT2D eigenvalue weighted by Crippen LogP contribution is 1.93. The zero-order chi connectivity index (χ0) is 24.3. The van der Waals surface area contributed by atoms with Crippen molar-refractivity contribution in [3.63, 3.8) is 0 Å². The van der Waals surface area contributed by atoms with Gasteiger partial charge < -0.3 is 50.9 Å². The van der Waals surface area contributed by atoms with E-state index in [0.29, 0.717) is 0 Å². The van der Waals surface area contributed by atoms with Gasteiger partial charge in [0, 0.05) is 76.4 Å². The summed E-state index contributed by atoms with van der Waals surface area (Å²) in [6, 6.07) is 18.9. The summed E-state index contributed by atoms with van der Waals surface area (Å²) in [5.74, 6) is 0. The second kappa shape index (κ2) is 25.5. The SMILES string of the molecule is CCCC[n+]1ccccc1C.CCCC[n+]1ccccc1C.CCCC[n+]1ccccc1C.[Br-].[Br-].[Br-]. The van der Waals surface area contributed by atoms with Crippen molar-refractivity contribution in [3.8, 4) is 0 Å². The van der Waals surface area contributed by atoms with E-state index in [0.717, 1.165) is 19.6 Å². The molecule has 36 heavy (non-hydrogen) atoms. The van der Waals surface area contributed by atoms with Crippen molar-refractivity contribution < 1.29 is 64.6 Å². The molecule has 0 atom stereocenters. The molecule has 0 aliphatic rings. The molecule has 0 aliphatic heterocycles. The number of rotatable bonds is 9. The fourth-order valence-electron chi connectivity index (χ4n) is 3.42. The van der Waals surface area contributed by atoms with Crippen LogP contribution in [0, 0.1) is 20.8 Å². The molecular weight excluding hydrogens is 642 g/mol. The average molecular weight is 690 g/mol. The first-order valence-corrected chi connectivity index (χ1v) is 12.9. The smallest absolute Gasteiger partial charge is 0.178 e. The summed E-state index contributed by atoms with van der Waals surface area (Å²) < 4.78 is 6.89. The third-order valence-corrected chi connectivity index (χ3v) is 5.76. The minimum absolute atomic E-state index is 0. The number of aromatic nitrogens is 3. The van der Waals surface area contributed by atoms with E-state index in [-0.39, 0.29) is 50.9 Å². The Kier molecular flexibility index (Phi) is 28.0. The molecule has 0 N–H and O–H groups in total. The Hall–Kier alpha value is -1.11. The number of hydrogen-bond acceptors (Lipinski definition) is 0. The van der Waals surface area contributed by atoms with Crippen LogP contribution in [0.3, 0.4) is 0 Å². The van der Waals surface area contributed by atoms with E-state index in [4.69, 9.17) is 0 Å². The molecule has 3 heterocycles. The lowest BCUT2D eigenvalue weighted by Gasteiger charge is -1.97. The molecule has 0 aromatic carbocycles. The van der Waals surface area contributed by atoms with Crippen LogP contribution in [0.25, 0.3) is 0 Å². The molecule has 3 aromatic rings. The molecular formula is C30H48Br3N3. The first kappa shape index (κ1) is 39.4. The molecule has 0 spiro atoms. The van der Waals surface area contributed by atoms with Gasteiger partial charge in [-0.3, -0.25) is 0 Å². The van der Waals surface area contributed by atoms with Crippen molar-refractivity contribution in [1.82, 2.24) is 0 Å². The van der Waals surface area contributed by atoms with E-state index < -0.39 is 0 Å². The van der Waals surface area contributed by atoms with Crippen LogP contribution in [0.1, 0.15) is 76.4 Å². The minimum atomic E-state index is 0. The summed E-state index contributed by atoms with van der Waals surface area (Å²) in [5.41, 5.74) is 4.04. The van der Waals surface area contributed by atoms with E-state index in [2.05, 4.69) is 128 Å². The summed E-state index contributed by atoms with van der Waals surface area (Å²) in [5, 5.41) is 0. The Balaban J connectivity index is -0.000000436. The number of unbranched alkanes of at least 4 members (excludes halogenated alkanes) is 3. The largest absolute Gasteiger partial charge is 1.00 e. The van der Waals surface area contributed by atoms with E-state index >= 15 is 0 Å². The maximum Gasteiger partial charge on any atom is 0.178 e. The molecule has 0 bridgehead atoms. The van der Waals surface area contributed by atoms with Crippen LogP contribution in [0.15, 0.2) is 73.2 Å². The van der Waals surface area contributed by atoms with Gasteiger partial charge in [0.05, 0.1) is 0 Å². The summed E-state index contributed by atoms with van der Waals surface area (Å²) in [4.78, 5) is 0. The van der Waals surface area contributed by atoms with Crippen LogP contribution in [-0.4, -0.2) is 0 Å². The van der Waals surface area contributed by atoms with Gasteiger partial charge in [-0.2, -0.15) is 0 Å². The Labute approximate surface area is 253 Å². The summed E-state index contributed by atoms with van der Waals surface area (Å²) in [6.07, 6.45) is 14.0. The molecule has 0 amide bonds. The third-order valence-electron chi connectivity index (χ3n) is 5.76. The minimum Gasteiger partial charge on any atom is -1.00 e. The van der Waals surface area contributed by atoms with Gasteiger partial charge in [0.25, 0.3) is 0 Å². The molecule has 3 nitrogen and oxygen atoms in total. The van der Waals surface area contributed by atoms with Crippen LogP contribution in [0.5, 0.6) is 0 Å². The normalized spacial score (nSPS) is 9.17. The highest BCUT2D eigenvalue weighted by atomic mass is 79.9. The van der Waals surface area contributed by atoms with Crippen LogP contribution in [0.2, 0.25) is 0 Å². The van der Waals surface area contributed by atoms with Gasteiger partial charge in [-0.05, 0) is 0 Å². The van der Waals surface area contributed by atoms with Crippen molar-refractivity contribution in [2.75, 3.05) is 0 Å². The lowest BCUT2D eigenvalue weighted by molar-refractivity contribution is -0.703. The van der Waals surface area contributed by atoms with Crippen LogP contribution < -0.4 is 64.6 Å². The van der Waals surface area contributed by atoms with Crippen LogP contribution in [-0.2, 0) is 19.6 Å². The van der Waals surface area contributed by atoms with Crippen molar-refractivity contribution in [3.05, 3.63) is 90.3 Å². The molecule has 0 saturated carbocycles. The second-order valence-corrected chi connectivity index (χ2v) is 8.67. The fourth-order valence-corrected chi connectivity index (χ4v) is 3.42. The van der Waals surface area contributed by atoms with Crippen molar-refractivity contribution in [2.45, 2.75) is 99.7 Å². The Morgan fingerprint density at radius 2 is 0.694 bits per heavy atom. The molecule has 0 aliphatic carbocycles. The standard InChI is InChI=1S/3C10H16N.3BrH/c3*1-3-4-8-11-9-6-5-7-10(11)2;;;/h3*5-7,9H,3-4,8H2,1-2H3;3*1H/q3*+1;;;/p-3. The van der Waals surface area contributed by atoms with E-state index in [9.17, 15) is 0 Å². The maximum atomic E-state index is 2.30. The van der Waals surface area contributed by atoms with Gasteiger partial charge in [0.15, 0.2) is 35.7 Å². The monoisotopic (exact) mass is 687 g/mol. The molecule has 0 unspecified atom stereocenters. The molecule has 3 rings (SSSR count). The topological polar surface area (TPSA) is 11.6 Å². The van der Waals surface area contributed by atoms with Gasteiger partial charge in [-0.1, -0.05) is 58.2 Å². The first-order chi connectivity index (χ1) is 16.0. The lowest BCUT2D eigenvalue weighted by atomic mass is 10.3. The van der Waals surface area contributed by atoms with E-state index in [1.807, 2.05) is 0 Å². The third kappa shape index (κ3) is 17.4. The van der Waals surface area contributed by atoms with Gasteiger partial charge in [0.1, 0.15) is 19.6 Å². The summed E-state index contributed by atoms with van der Waals surface area (Å²) in [7, 11) is 0. The average Bonchev–Trinajstić information content (AvgIpc) is 2.83. The van der Waals surface area contributed by atoms with Crippen molar-refractivity contribution >= 4 is 0 Å². The first-order valence-electron chi connectivity index (χ1n) is 12.9. The van der Waals surface area contributed by atoms with E-state index in [1.165, 1.54) is 55.6 Å². The fraction of sp³-hybridized carbons (Fsp3) is 0.500. The summed E-state index contributed by atoms with van der Waals surface area (Å²) >= 11 is 0. The highest BCUT2D eigenvalue weighted by Gasteiger charge is 2.02. The predicted molar refractivity (Wildman–Crippen MR) is 139 cm³/mol. The Morgan fingerprint density at radius 3 is 0.889 bits per heavy atom. The van der Waals surface area contributed by atoms with Gasteiger partial charge >= 0.3 is 0 Å². The van der Waals surface area contributed by atoms with Gasteiger partial charge in [-0.25, -0.2) is 13.7 Å². The molecule has 204 valence electrons. The number of halogens is 3. The molecule has 0 radical (unpaired) electrons. The zero-order valence-electron chi connectivity index (χ0n) is 23.3. The highest BCUT2D eigenvalue weighted by molar-refractivity contribution is 4.95. The van der Waals surface area contributed by atoms with E-state index in [1.54, 1.807) is 0 Å². The lowest BCUT2D eigenvalue weighted by Crippen LogP contribution is -3.00. The summed E-state index contributed by atoms with van der Waals surface area (Å²) in [6.45, 7) is 16.6. The molecule has 0 fully saturated rings. The Bertz CT molecular complexity index is 786. The van der Waals surface area contributed by atoms with Crippen LogP contribution >= 0.6 is 0 Å². The van der Waals surface area contributed by atoms with Crippen molar-refractivity contribution in [2.24, 2.45) is 0 Å². The van der Waals surface area contributed by atoms with Gasteiger partial charge in [-0.15, -0.1) is 0 Å². The second-order valence-electron chi connectivity index (χ2n) is 8.67. The van der Waals surface area contributed by atoms with Crippen LogP contribution in [0.4, 0.5) is 0 Å². The number of nitrogens with zero attached hydrogens (tertiary/aromatic N) is 3. The quantitative estimate of drug-likeness (QED) is 0.217. The molecule has 6 heteroatoms. The zero-order valence-corrected chi connectivity index (χ0v) is 28.0. The number of aryl methyl sites for hydroxylation is 6. The number of hydrogen-bond donors (Lipinski definition) is 0. The maximum absolute atomic E-state index is 2.30. The van der Waals surface area contributed by atoms with Gasteiger partial charge in [0.2, 0.25) is 0 Å². The van der Waals surface area contributed by atoms with Crippen molar-refractivity contribution in [1.29, 1.82) is 0 Å². The Morgan fingerprint density at radius 1 is 0.444 bits per heavy atom. The number of pyridine rings is 3. The molecule has 3 aromatic heterocycles. The molecule has 0 saturated heterocycles.